The average molecular weight is 347 g/mol. The van der Waals surface area contributed by atoms with Crippen molar-refractivity contribution in [2.24, 2.45) is 0 Å². The smallest absolute Gasteiger partial charge is 0.243 e. The molecule has 1 aliphatic rings. The molecule has 106 valence electrons. The highest BCUT2D eigenvalue weighted by Crippen LogP contribution is 2.20. The van der Waals surface area contributed by atoms with Crippen LogP contribution in [0, 0.1) is 0 Å². The predicted molar refractivity (Wildman–Crippen MR) is 79.6 cm³/mol. The molecule has 1 atom stereocenters. The zero-order valence-corrected chi connectivity index (χ0v) is 13.4. The van der Waals surface area contributed by atoms with E-state index in [1.807, 2.05) is 6.92 Å². The summed E-state index contributed by atoms with van der Waals surface area (Å²) in [5.41, 5.74) is 0. The number of hydrogen-bond acceptors (Lipinski definition) is 3. The van der Waals surface area contributed by atoms with Crippen LogP contribution in [-0.2, 0) is 10.0 Å². The molecule has 1 aromatic carbocycles. The molecule has 6 heteroatoms. The van der Waals surface area contributed by atoms with Crippen LogP contribution in [0.3, 0.4) is 0 Å². The lowest BCUT2D eigenvalue weighted by Crippen LogP contribution is -2.40. The topological polar surface area (TPSA) is 49.4 Å². The molecule has 0 bridgehead atoms. The third-order valence-electron chi connectivity index (χ3n) is 3.39. The Labute approximate surface area is 123 Å². The number of sulfonamides is 1. The summed E-state index contributed by atoms with van der Waals surface area (Å²) < 4.78 is 27.5. The highest BCUT2D eigenvalue weighted by Gasteiger charge is 2.26. The fourth-order valence-electron chi connectivity index (χ4n) is 2.31. The van der Waals surface area contributed by atoms with Crippen molar-refractivity contribution in [3.05, 3.63) is 28.7 Å². The molecular formula is C13H19BrN2O2S. The van der Waals surface area contributed by atoms with Crippen molar-refractivity contribution in [1.82, 2.24) is 9.62 Å². The molecule has 0 saturated carbocycles. The van der Waals surface area contributed by atoms with E-state index in [2.05, 4.69) is 21.2 Å². The molecule has 0 aliphatic carbocycles. The maximum atomic E-state index is 12.5. The molecular weight excluding hydrogens is 328 g/mol. The zero-order valence-electron chi connectivity index (χ0n) is 11.0. The summed E-state index contributed by atoms with van der Waals surface area (Å²) >= 11 is 3.32. The molecule has 1 fully saturated rings. The van der Waals surface area contributed by atoms with E-state index in [0.717, 1.165) is 23.9 Å². The van der Waals surface area contributed by atoms with E-state index in [1.165, 1.54) is 0 Å². The Kier molecular flexibility index (Phi) is 5.00. The van der Waals surface area contributed by atoms with E-state index in [9.17, 15) is 8.42 Å². The number of halogens is 1. The van der Waals surface area contributed by atoms with Crippen molar-refractivity contribution < 1.29 is 8.42 Å². The summed E-state index contributed by atoms with van der Waals surface area (Å²) in [6, 6.07) is 7.09. The fourth-order valence-corrected chi connectivity index (χ4v) is 4.07. The van der Waals surface area contributed by atoms with E-state index >= 15 is 0 Å². The van der Waals surface area contributed by atoms with Crippen molar-refractivity contribution in [1.29, 1.82) is 0 Å². The van der Waals surface area contributed by atoms with Crippen molar-refractivity contribution in [3.8, 4) is 0 Å². The molecule has 4 nitrogen and oxygen atoms in total. The minimum Gasteiger partial charge on any atom is -0.313 e. The Hall–Kier alpha value is -0.430. The Morgan fingerprint density at radius 3 is 2.58 bits per heavy atom. The first-order valence-electron chi connectivity index (χ1n) is 6.53. The lowest BCUT2D eigenvalue weighted by molar-refractivity contribution is 0.383. The van der Waals surface area contributed by atoms with Gasteiger partial charge in [-0.2, -0.15) is 4.31 Å². The summed E-state index contributed by atoms with van der Waals surface area (Å²) in [5.74, 6) is 0. The summed E-state index contributed by atoms with van der Waals surface area (Å²) in [4.78, 5) is 0.357. The SMILES string of the molecule is CCN(CC1CCCN1)S(=O)(=O)c1ccc(Br)cc1. The van der Waals surface area contributed by atoms with E-state index in [-0.39, 0.29) is 6.04 Å². The molecule has 0 amide bonds. The second kappa shape index (κ2) is 6.35. The van der Waals surface area contributed by atoms with Crippen molar-refractivity contribution in [3.63, 3.8) is 0 Å². The molecule has 1 unspecified atom stereocenters. The van der Waals surface area contributed by atoms with E-state index in [1.54, 1.807) is 28.6 Å². The van der Waals surface area contributed by atoms with Crippen molar-refractivity contribution in [2.75, 3.05) is 19.6 Å². The van der Waals surface area contributed by atoms with Gasteiger partial charge in [0.05, 0.1) is 4.90 Å². The van der Waals surface area contributed by atoms with Gasteiger partial charge in [-0.1, -0.05) is 22.9 Å². The van der Waals surface area contributed by atoms with Crippen LogP contribution >= 0.6 is 15.9 Å². The summed E-state index contributed by atoms with van der Waals surface area (Å²) in [6.45, 7) is 3.91. The number of benzene rings is 1. The van der Waals surface area contributed by atoms with Gasteiger partial charge >= 0.3 is 0 Å². The zero-order chi connectivity index (χ0) is 13.9. The van der Waals surface area contributed by atoms with Gasteiger partial charge in [0.25, 0.3) is 0 Å². The van der Waals surface area contributed by atoms with Crippen LogP contribution in [0.15, 0.2) is 33.6 Å². The number of nitrogens with zero attached hydrogens (tertiary/aromatic N) is 1. The minimum absolute atomic E-state index is 0.283. The van der Waals surface area contributed by atoms with Gasteiger partial charge in [-0.15, -0.1) is 0 Å². The van der Waals surface area contributed by atoms with Gasteiger partial charge in [-0.3, -0.25) is 0 Å². The first-order chi connectivity index (χ1) is 9.04. The molecule has 19 heavy (non-hydrogen) atoms. The van der Waals surface area contributed by atoms with E-state index in [0.29, 0.717) is 18.0 Å². The van der Waals surface area contributed by atoms with Crippen molar-refractivity contribution >= 4 is 26.0 Å². The van der Waals surface area contributed by atoms with Gasteiger partial charge in [0.2, 0.25) is 10.0 Å². The average Bonchev–Trinajstić information content (AvgIpc) is 2.89. The Morgan fingerprint density at radius 1 is 1.37 bits per heavy atom. The lowest BCUT2D eigenvalue weighted by atomic mass is 10.2. The summed E-state index contributed by atoms with van der Waals surface area (Å²) in [7, 11) is -3.38. The molecule has 1 aliphatic heterocycles. The van der Waals surface area contributed by atoms with Gasteiger partial charge < -0.3 is 5.32 Å². The standard InChI is InChI=1S/C13H19BrN2O2S/c1-2-16(10-12-4-3-9-15-12)19(17,18)13-7-5-11(14)6-8-13/h5-8,12,15H,2-4,9-10H2,1H3. The van der Waals surface area contributed by atoms with Crippen molar-refractivity contribution in [2.45, 2.75) is 30.7 Å². The van der Waals surface area contributed by atoms with Crippen LogP contribution < -0.4 is 5.32 Å². The molecule has 1 N–H and O–H groups in total. The molecule has 2 rings (SSSR count). The van der Waals surface area contributed by atoms with Crippen LogP contribution in [-0.4, -0.2) is 38.4 Å². The molecule has 1 saturated heterocycles. The molecule has 0 spiro atoms. The Balaban J connectivity index is 2.17. The van der Waals surface area contributed by atoms with E-state index in [4.69, 9.17) is 0 Å². The monoisotopic (exact) mass is 346 g/mol. The molecule has 1 heterocycles. The first kappa shape index (κ1) is 15.0. The van der Waals surface area contributed by atoms with Crippen LogP contribution in [0.4, 0.5) is 0 Å². The first-order valence-corrected chi connectivity index (χ1v) is 8.76. The van der Waals surface area contributed by atoms with Crippen LogP contribution in [0.1, 0.15) is 19.8 Å². The third kappa shape index (κ3) is 3.56. The van der Waals surface area contributed by atoms with Gasteiger partial charge in [0, 0.05) is 23.6 Å². The number of likely N-dealkylation sites (N-methyl/N-ethyl adjacent to an activating group) is 1. The molecule has 1 aromatic rings. The number of nitrogens with one attached hydrogen (secondary N) is 1. The Bertz CT molecular complexity index is 510. The second-order valence-electron chi connectivity index (χ2n) is 4.70. The van der Waals surface area contributed by atoms with Gasteiger partial charge in [-0.05, 0) is 43.7 Å². The summed E-state index contributed by atoms with van der Waals surface area (Å²) in [5, 5.41) is 3.34. The maximum absolute atomic E-state index is 12.5. The van der Waals surface area contributed by atoms with E-state index < -0.39 is 10.0 Å². The van der Waals surface area contributed by atoms with Crippen LogP contribution in [0.5, 0.6) is 0 Å². The van der Waals surface area contributed by atoms with Gasteiger partial charge in [0.1, 0.15) is 0 Å². The lowest BCUT2D eigenvalue weighted by Gasteiger charge is -2.23. The maximum Gasteiger partial charge on any atom is 0.243 e. The third-order valence-corrected chi connectivity index (χ3v) is 5.87. The van der Waals surface area contributed by atoms with Crippen LogP contribution in [0.2, 0.25) is 0 Å². The van der Waals surface area contributed by atoms with Gasteiger partial charge in [-0.25, -0.2) is 8.42 Å². The largest absolute Gasteiger partial charge is 0.313 e. The minimum atomic E-state index is -3.38. The van der Waals surface area contributed by atoms with Crippen LogP contribution in [0.25, 0.3) is 0 Å². The number of rotatable bonds is 5. The normalized spacial score (nSPS) is 20.1. The van der Waals surface area contributed by atoms with Gasteiger partial charge in [0.15, 0.2) is 0 Å². The highest BCUT2D eigenvalue weighted by molar-refractivity contribution is 9.10. The quantitative estimate of drug-likeness (QED) is 0.889. The Morgan fingerprint density at radius 2 is 2.05 bits per heavy atom. The molecule has 0 radical (unpaired) electrons. The molecule has 0 aromatic heterocycles. The fraction of sp³-hybridized carbons (Fsp3) is 0.538. The number of hydrogen-bond donors (Lipinski definition) is 1. The second-order valence-corrected chi connectivity index (χ2v) is 7.56. The predicted octanol–water partition coefficient (Wildman–Crippen LogP) is 2.21. The summed E-state index contributed by atoms with van der Waals surface area (Å²) in [6.07, 6.45) is 2.17. The highest BCUT2D eigenvalue weighted by atomic mass is 79.9.